The summed E-state index contributed by atoms with van der Waals surface area (Å²) < 4.78 is 33.1. The first kappa shape index (κ1) is 13.4. The van der Waals surface area contributed by atoms with Crippen LogP contribution in [0.3, 0.4) is 0 Å². The van der Waals surface area contributed by atoms with Crippen molar-refractivity contribution in [2.75, 3.05) is 6.61 Å². The molecule has 0 heterocycles. The van der Waals surface area contributed by atoms with Crippen LogP contribution in [0.2, 0.25) is 0 Å². The minimum Gasteiger partial charge on any atom is -0.487 e. The molecule has 16 heavy (non-hydrogen) atoms. The van der Waals surface area contributed by atoms with Gasteiger partial charge in [0.2, 0.25) is 0 Å². The van der Waals surface area contributed by atoms with Crippen LogP contribution in [0.15, 0.2) is 28.7 Å². The normalized spacial score (nSPS) is 12.6. The summed E-state index contributed by atoms with van der Waals surface area (Å²) in [5, 5.41) is 0. The number of alkyl halides is 2. The van der Waals surface area contributed by atoms with Gasteiger partial charge in [0.15, 0.2) is 6.61 Å². The van der Waals surface area contributed by atoms with E-state index in [1.807, 2.05) is 6.07 Å². The largest absolute Gasteiger partial charge is 0.487 e. The predicted octanol–water partition coefficient (Wildman–Crippen LogP) is 4.51. The highest BCUT2D eigenvalue weighted by atomic mass is 79.9. The SMILES string of the molecule is CC(C)(C)C(F)(F)COc1cccc(Br)c1. The van der Waals surface area contributed by atoms with E-state index in [-0.39, 0.29) is 0 Å². The zero-order valence-corrected chi connectivity index (χ0v) is 11.1. The zero-order valence-electron chi connectivity index (χ0n) is 9.56. The lowest BCUT2D eigenvalue weighted by Gasteiger charge is -2.30. The summed E-state index contributed by atoms with van der Waals surface area (Å²) in [6.07, 6.45) is 0. The molecule has 0 N–H and O–H groups in total. The van der Waals surface area contributed by atoms with Gasteiger partial charge in [-0.1, -0.05) is 42.8 Å². The van der Waals surface area contributed by atoms with Gasteiger partial charge in [0.25, 0.3) is 5.92 Å². The van der Waals surface area contributed by atoms with E-state index < -0.39 is 17.9 Å². The summed E-state index contributed by atoms with van der Waals surface area (Å²) in [4.78, 5) is 0. The molecule has 0 amide bonds. The van der Waals surface area contributed by atoms with Gasteiger partial charge in [-0.25, -0.2) is 8.78 Å². The second kappa shape index (κ2) is 4.70. The summed E-state index contributed by atoms with van der Waals surface area (Å²) in [5.74, 6) is -2.41. The first-order chi connectivity index (χ1) is 7.22. The molecule has 0 aliphatic rings. The van der Waals surface area contributed by atoms with Gasteiger partial charge in [-0.15, -0.1) is 0 Å². The lowest BCUT2D eigenvalue weighted by atomic mass is 9.88. The van der Waals surface area contributed by atoms with Crippen molar-refractivity contribution in [3.8, 4) is 5.75 Å². The summed E-state index contributed by atoms with van der Waals surface area (Å²) in [5.41, 5.74) is -1.10. The lowest BCUT2D eigenvalue weighted by molar-refractivity contribution is -0.123. The van der Waals surface area contributed by atoms with Crippen LogP contribution in [0.1, 0.15) is 20.8 Å². The van der Waals surface area contributed by atoms with Gasteiger partial charge < -0.3 is 4.74 Å². The molecule has 0 saturated heterocycles. The van der Waals surface area contributed by atoms with E-state index >= 15 is 0 Å². The van der Waals surface area contributed by atoms with Crippen LogP contribution in [0.25, 0.3) is 0 Å². The molecule has 0 fully saturated rings. The molecule has 1 aromatic carbocycles. The lowest BCUT2D eigenvalue weighted by Crippen LogP contribution is -2.39. The average Bonchev–Trinajstić information content (AvgIpc) is 2.13. The molecule has 0 aliphatic heterocycles. The molecular formula is C12H15BrF2O. The van der Waals surface area contributed by atoms with Crippen LogP contribution in [-0.4, -0.2) is 12.5 Å². The van der Waals surface area contributed by atoms with Crippen molar-refractivity contribution < 1.29 is 13.5 Å². The smallest absolute Gasteiger partial charge is 0.286 e. The first-order valence-electron chi connectivity index (χ1n) is 4.98. The van der Waals surface area contributed by atoms with E-state index in [0.717, 1.165) is 4.47 Å². The van der Waals surface area contributed by atoms with E-state index in [4.69, 9.17) is 4.74 Å². The van der Waals surface area contributed by atoms with Crippen molar-refractivity contribution >= 4 is 15.9 Å². The van der Waals surface area contributed by atoms with Crippen LogP contribution >= 0.6 is 15.9 Å². The highest BCUT2D eigenvalue weighted by Gasteiger charge is 2.43. The summed E-state index contributed by atoms with van der Waals surface area (Å²) in [6.45, 7) is 3.89. The molecule has 0 aromatic heterocycles. The van der Waals surface area contributed by atoms with Crippen LogP contribution in [0, 0.1) is 5.41 Å². The minimum absolute atomic E-state index is 0.443. The highest BCUT2D eigenvalue weighted by molar-refractivity contribution is 9.10. The average molecular weight is 293 g/mol. The third kappa shape index (κ3) is 3.44. The topological polar surface area (TPSA) is 9.23 Å². The molecule has 0 radical (unpaired) electrons. The van der Waals surface area contributed by atoms with Crippen LogP contribution in [-0.2, 0) is 0 Å². The fourth-order valence-corrected chi connectivity index (χ4v) is 1.33. The monoisotopic (exact) mass is 292 g/mol. The van der Waals surface area contributed by atoms with Gasteiger partial charge in [0.1, 0.15) is 5.75 Å². The Labute approximate surface area is 103 Å². The second-order valence-corrected chi connectivity index (χ2v) is 5.62. The van der Waals surface area contributed by atoms with E-state index in [2.05, 4.69) is 15.9 Å². The quantitative estimate of drug-likeness (QED) is 0.796. The Morgan fingerprint density at radius 1 is 1.25 bits per heavy atom. The van der Waals surface area contributed by atoms with Crippen LogP contribution in [0.5, 0.6) is 5.75 Å². The van der Waals surface area contributed by atoms with Gasteiger partial charge in [0.05, 0.1) is 0 Å². The first-order valence-corrected chi connectivity index (χ1v) is 5.78. The van der Waals surface area contributed by atoms with Crippen LogP contribution < -0.4 is 4.74 Å². The summed E-state index contributed by atoms with van der Waals surface area (Å²) in [6, 6.07) is 6.88. The maximum atomic E-state index is 13.6. The fraction of sp³-hybridized carbons (Fsp3) is 0.500. The molecule has 1 rings (SSSR count). The van der Waals surface area contributed by atoms with Gasteiger partial charge in [-0.3, -0.25) is 0 Å². The Balaban J connectivity index is 2.65. The van der Waals surface area contributed by atoms with Gasteiger partial charge in [-0.2, -0.15) is 0 Å². The van der Waals surface area contributed by atoms with Crippen LogP contribution in [0.4, 0.5) is 8.78 Å². The Kier molecular flexibility index (Phi) is 3.94. The molecule has 0 unspecified atom stereocenters. The standard InChI is InChI=1S/C12H15BrF2O/c1-11(2,3)12(14,15)8-16-10-6-4-5-9(13)7-10/h4-7H,8H2,1-3H3. The minimum atomic E-state index is -2.85. The van der Waals surface area contributed by atoms with Crippen molar-refractivity contribution in [1.29, 1.82) is 0 Å². The summed E-state index contributed by atoms with van der Waals surface area (Å²) in [7, 11) is 0. The Morgan fingerprint density at radius 3 is 2.38 bits per heavy atom. The summed E-state index contributed by atoms with van der Waals surface area (Å²) >= 11 is 3.25. The van der Waals surface area contributed by atoms with E-state index in [1.54, 1.807) is 18.2 Å². The van der Waals surface area contributed by atoms with Crippen molar-refractivity contribution in [2.24, 2.45) is 5.41 Å². The molecule has 0 atom stereocenters. The predicted molar refractivity (Wildman–Crippen MR) is 64.0 cm³/mol. The Hall–Kier alpha value is -0.640. The number of hydrogen-bond acceptors (Lipinski definition) is 1. The number of ether oxygens (including phenoxy) is 1. The Morgan fingerprint density at radius 2 is 1.88 bits per heavy atom. The van der Waals surface area contributed by atoms with Crippen molar-refractivity contribution in [3.63, 3.8) is 0 Å². The van der Waals surface area contributed by atoms with E-state index in [0.29, 0.717) is 5.75 Å². The number of halogens is 3. The molecule has 1 aromatic rings. The molecular weight excluding hydrogens is 278 g/mol. The van der Waals surface area contributed by atoms with E-state index in [9.17, 15) is 8.78 Å². The van der Waals surface area contributed by atoms with Gasteiger partial charge in [-0.05, 0) is 18.2 Å². The molecule has 1 nitrogen and oxygen atoms in total. The van der Waals surface area contributed by atoms with Crippen molar-refractivity contribution in [1.82, 2.24) is 0 Å². The highest BCUT2D eigenvalue weighted by Crippen LogP contribution is 2.36. The third-order valence-electron chi connectivity index (χ3n) is 2.31. The number of rotatable bonds is 3. The van der Waals surface area contributed by atoms with E-state index in [1.165, 1.54) is 20.8 Å². The molecule has 4 heteroatoms. The van der Waals surface area contributed by atoms with Crippen molar-refractivity contribution in [3.05, 3.63) is 28.7 Å². The molecule has 0 saturated carbocycles. The maximum absolute atomic E-state index is 13.6. The third-order valence-corrected chi connectivity index (χ3v) is 2.81. The Bertz CT molecular complexity index is 358. The second-order valence-electron chi connectivity index (χ2n) is 4.70. The molecule has 0 spiro atoms. The number of benzene rings is 1. The fourth-order valence-electron chi connectivity index (χ4n) is 0.947. The van der Waals surface area contributed by atoms with Gasteiger partial charge in [0, 0.05) is 9.89 Å². The van der Waals surface area contributed by atoms with Crippen molar-refractivity contribution in [2.45, 2.75) is 26.7 Å². The molecule has 0 bridgehead atoms. The number of hydrogen-bond donors (Lipinski definition) is 0. The maximum Gasteiger partial charge on any atom is 0.286 e. The molecule has 90 valence electrons. The zero-order chi connectivity index (χ0) is 12.4. The molecule has 0 aliphatic carbocycles. The van der Waals surface area contributed by atoms with Gasteiger partial charge >= 0.3 is 0 Å².